The van der Waals surface area contributed by atoms with Crippen molar-refractivity contribution in [2.75, 3.05) is 0 Å². The molecule has 2 fully saturated rings. The SMILES string of the molecule is NCc1cccc2[nH]c(C3CC4CC4C3)nc12. The summed E-state index contributed by atoms with van der Waals surface area (Å²) in [5.74, 6) is 3.86. The Labute approximate surface area is 100 Å². The molecule has 2 aliphatic rings. The maximum Gasteiger partial charge on any atom is 0.110 e. The van der Waals surface area contributed by atoms with Crippen LogP contribution in [0.5, 0.6) is 0 Å². The average molecular weight is 227 g/mol. The molecule has 3 N–H and O–H groups in total. The molecule has 1 aromatic carbocycles. The monoisotopic (exact) mass is 227 g/mol. The van der Waals surface area contributed by atoms with Crippen molar-refractivity contribution < 1.29 is 0 Å². The van der Waals surface area contributed by atoms with Gasteiger partial charge in [0.25, 0.3) is 0 Å². The number of hydrogen-bond donors (Lipinski definition) is 2. The maximum atomic E-state index is 5.75. The number of hydrogen-bond acceptors (Lipinski definition) is 2. The van der Waals surface area contributed by atoms with E-state index in [0.29, 0.717) is 12.5 Å². The molecule has 3 heteroatoms. The first-order valence-electron chi connectivity index (χ1n) is 6.52. The molecule has 2 saturated carbocycles. The van der Waals surface area contributed by atoms with Gasteiger partial charge in [0.15, 0.2) is 0 Å². The first-order chi connectivity index (χ1) is 8.35. The average Bonchev–Trinajstić information content (AvgIpc) is 2.81. The summed E-state index contributed by atoms with van der Waals surface area (Å²) < 4.78 is 0. The van der Waals surface area contributed by atoms with Gasteiger partial charge in [-0.2, -0.15) is 0 Å². The van der Waals surface area contributed by atoms with Gasteiger partial charge in [-0.1, -0.05) is 12.1 Å². The summed E-state index contributed by atoms with van der Waals surface area (Å²) in [6.45, 7) is 0.567. The summed E-state index contributed by atoms with van der Waals surface area (Å²) in [6, 6.07) is 6.22. The zero-order chi connectivity index (χ0) is 11.4. The largest absolute Gasteiger partial charge is 0.342 e. The van der Waals surface area contributed by atoms with Crippen LogP contribution < -0.4 is 5.73 Å². The second-order valence-electron chi connectivity index (χ2n) is 5.56. The predicted molar refractivity (Wildman–Crippen MR) is 67.6 cm³/mol. The van der Waals surface area contributed by atoms with Crippen LogP contribution in [-0.4, -0.2) is 9.97 Å². The summed E-state index contributed by atoms with van der Waals surface area (Å²) in [5.41, 5.74) is 9.12. The van der Waals surface area contributed by atoms with E-state index in [-0.39, 0.29) is 0 Å². The number of nitrogens with zero attached hydrogens (tertiary/aromatic N) is 1. The number of benzene rings is 1. The van der Waals surface area contributed by atoms with Crippen LogP contribution in [0.3, 0.4) is 0 Å². The van der Waals surface area contributed by atoms with E-state index < -0.39 is 0 Å². The van der Waals surface area contributed by atoms with E-state index in [2.05, 4.69) is 23.2 Å². The lowest BCUT2D eigenvalue weighted by Crippen LogP contribution is -1.99. The Hall–Kier alpha value is -1.35. The van der Waals surface area contributed by atoms with E-state index in [1.807, 2.05) is 0 Å². The normalized spacial score (nSPS) is 30.8. The minimum atomic E-state index is 0.567. The fraction of sp³-hybridized carbons (Fsp3) is 0.500. The molecule has 1 aromatic heterocycles. The van der Waals surface area contributed by atoms with Gasteiger partial charge in [-0.3, -0.25) is 0 Å². The number of rotatable bonds is 2. The number of nitrogens with two attached hydrogens (primary N) is 1. The molecular weight excluding hydrogens is 210 g/mol. The van der Waals surface area contributed by atoms with Gasteiger partial charge in [-0.05, 0) is 42.7 Å². The van der Waals surface area contributed by atoms with Crippen molar-refractivity contribution in [1.82, 2.24) is 9.97 Å². The number of H-pyrrole nitrogens is 1. The summed E-state index contributed by atoms with van der Waals surface area (Å²) in [6.07, 6.45) is 4.13. The highest BCUT2D eigenvalue weighted by molar-refractivity contribution is 5.78. The Morgan fingerprint density at radius 1 is 1.24 bits per heavy atom. The van der Waals surface area contributed by atoms with Crippen molar-refractivity contribution in [2.45, 2.75) is 31.7 Å². The third-order valence-corrected chi connectivity index (χ3v) is 4.46. The van der Waals surface area contributed by atoms with Crippen LogP contribution in [0.2, 0.25) is 0 Å². The van der Waals surface area contributed by atoms with Crippen molar-refractivity contribution >= 4 is 11.0 Å². The van der Waals surface area contributed by atoms with E-state index in [0.717, 1.165) is 28.4 Å². The van der Waals surface area contributed by atoms with Crippen molar-refractivity contribution in [3.63, 3.8) is 0 Å². The molecule has 2 aromatic rings. The highest BCUT2D eigenvalue weighted by Gasteiger charge is 2.46. The minimum absolute atomic E-state index is 0.567. The zero-order valence-corrected chi connectivity index (χ0v) is 9.82. The number of aromatic amines is 1. The molecule has 0 spiro atoms. The fourth-order valence-electron chi connectivity index (χ4n) is 3.41. The summed E-state index contributed by atoms with van der Waals surface area (Å²) >= 11 is 0. The lowest BCUT2D eigenvalue weighted by molar-refractivity contribution is 0.597. The van der Waals surface area contributed by atoms with E-state index >= 15 is 0 Å². The van der Waals surface area contributed by atoms with Gasteiger partial charge in [-0.25, -0.2) is 4.98 Å². The van der Waals surface area contributed by atoms with Crippen molar-refractivity contribution in [1.29, 1.82) is 0 Å². The first kappa shape index (κ1) is 9.66. The van der Waals surface area contributed by atoms with Crippen LogP contribution in [0.4, 0.5) is 0 Å². The zero-order valence-electron chi connectivity index (χ0n) is 9.82. The second kappa shape index (κ2) is 3.33. The summed E-state index contributed by atoms with van der Waals surface area (Å²) in [7, 11) is 0. The first-order valence-corrected chi connectivity index (χ1v) is 6.52. The molecule has 2 aliphatic carbocycles. The molecule has 4 rings (SSSR count). The van der Waals surface area contributed by atoms with E-state index in [1.54, 1.807) is 0 Å². The molecule has 88 valence electrons. The Morgan fingerprint density at radius 3 is 2.82 bits per heavy atom. The van der Waals surface area contributed by atoms with Gasteiger partial charge in [0, 0.05) is 12.5 Å². The number of para-hydroxylation sites is 1. The molecule has 0 bridgehead atoms. The molecule has 2 unspecified atom stereocenters. The summed E-state index contributed by atoms with van der Waals surface area (Å²) in [5, 5.41) is 0. The highest BCUT2D eigenvalue weighted by Crippen LogP contribution is 2.57. The van der Waals surface area contributed by atoms with Gasteiger partial charge < -0.3 is 10.7 Å². The van der Waals surface area contributed by atoms with Gasteiger partial charge in [-0.15, -0.1) is 0 Å². The van der Waals surface area contributed by atoms with Gasteiger partial charge in [0.05, 0.1) is 11.0 Å². The molecule has 0 saturated heterocycles. The Morgan fingerprint density at radius 2 is 2.06 bits per heavy atom. The lowest BCUT2D eigenvalue weighted by Gasteiger charge is -2.06. The number of aromatic nitrogens is 2. The molecule has 0 radical (unpaired) electrons. The molecule has 17 heavy (non-hydrogen) atoms. The molecule has 3 nitrogen and oxygen atoms in total. The standard InChI is InChI=1S/C14H17N3/c15-7-8-2-1-3-12-13(8)17-14(16-12)11-5-9-4-10(9)6-11/h1-3,9-11H,4-7,15H2,(H,16,17). The van der Waals surface area contributed by atoms with Crippen LogP contribution in [0.15, 0.2) is 18.2 Å². The number of nitrogens with one attached hydrogen (secondary N) is 1. The van der Waals surface area contributed by atoms with Crippen molar-refractivity contribution in [3.8, 4) is 0 Å². The number of fused-ring (bicyclic) bond motifs is 2. The quantitative estimate of drug-likeness (QED) is 0.828. The lowest BCUT2D eigenvalue weighted by atomic mass is 10.0. The fourth-order valence-corrected chi connectivity index (χ4v) is 3.41. The third kappa shape index (κ3) is 1.42. The van der Waals surface area contributed by atoms with Gasteiger partial charge in [0.2, 0.25) is 0 Å². The van der Waals surface area contributed by atoms with Crippen molar-refractivity contribution in [3.05, 3.63) is 29.6 Å². The smallest absolute Gasteiger partial charge is 0.110 e. The van der Waals surface area contributed by atoms with Crippen LogP contribution in [0.25, 0.3) is 11.0 Å². The van der Waals surface area contributed by atoms with Crippen LogP contribution >= 0.6 is 0 Å². The minimum Gasteiger partial charge on any atom is -0.342 e. The van der Waals surface area contributed by atoms with E-state index in [9.17, 15) is 0 Å². The predicted octanol–water partition coefficient (Wildman–Crippen LogP) is 2.54. The van der Waals surface area contributed by atoms with Crippen LogP contribution in [0.1, 0.15) is 36.6 Å². The number of imidazole rings is 1. The topological polar surface area (TPSA) is 54.7 Å². The van der Waals surface area contributed by atoms with Crippen molar-refractivity contribution in [2.24, 2.45) is 17.6 Å². The Bertz CT molecular complexity index is 562. The Balaban J connectivity index is 1.76. The van der Waals surface area contributed by atoms with Crippen LogP contribution in [0, 0.1) is 11.8 Å². The molecule has 0 aliphatic heterocycles. The molecule has 2 atom stereocenters. The molecule has 1 heterocycles. The van der Waals surface area contributed by atoms with Crippen LogP contribution in [-0.2, 0) is 6.54 Å². The third-order valence-electron chi connectivity index (χ3n) is 4.46. The Kier molecular flexibility index (Phi) is 1.89. The van der Waals surface area contributed by atoms with Gasteiger partial charge >= 0.3 is 0 Å². The molecule has 0 amide bonds. The molecular formula is C14H17N3. The van der Waals surface area contributed by atoms with E-state index in [4.69, 9.17) is 10.7 Å². The summed E-state index contributed by atoms with van der Waals surface area (Å²) in [4.78, 5) is 8.27. The second-order valence-corrected chi connectivity index (χ2v) is 5.56. The maximum absolute atomic E-state index is 5.75. The van der Waals surface area contributed by atoms with E-state index in [1.165, 1.54) is 25.1 Å². The highest BCUT2D eigenvalue weighted by atomic mass is 14.9. The van der Waals surface area contributed by atoms with Gasteiger partial charge in [0.1, 0.15) is 5.82 Å².